The fraction of sp³-hybridized carbons (Fsp3) is 0.333. The highest BCUT2D eigenvalue weighted by molar-refractivity contribution is 5.16. The molecule has 0 bridgehead atoms. The Morgan fingerprint density at radius 2 is 1.64 bits per heavy atom. The summed E-state index contributed by atoms with van der Waals surface area (Å²) in [7, 11) is 0.500. The lowest BCUT2D eigenvalue weighted by molar-refractivity contribution is 0.199. The Hall–Kier alpha value is -0.890. The highest BCUT2D eigenvalue weighted by Crippen LogP contribution is 2.08. The average Bonchev–Trinajstić information content (AvgIpc) is 2.10. The van der Waals surface area contributed by atoms with Gasteiger partial charge in [-0.3, -0.25) is 4.39 Å². The van der Waals surface area contributed by atoms with E-state index in [9.17, 15) is 4.39 Å². The van der Waals surface area contributed by atoms with Gasteiger partial charge in [0.05, 0.1) is 13.3 Å². The Morgan fingerprint density at radius 1 is 1.18 bits per heavy atom. The maximum Gasteiger partial charge on any atom is 0.0785 e. The van der Waals surface area contributed by atoms with E-state index >= 15 is 0 Å². The van der Waals surface area contributed by atoms with Crippen LogP contribution in [0.15, 0.2) is 30.3 Å². The molecule has 0 fully saturated rings. The first-order valence-electron chi connectivity index (χ1n) is 3.41. The molecule has 1 aromatic rings. The summed E-state index contributed by atoms with van der Waals surface area (Å²) in [5.41, 5.74) is 0.970. The highest BCUT2D eigenvalue weighted by atomic mass is 19.1. The average molecular weight is 156 g/mol. The molecule has 0 amide bonds. The predicted octanol–water partition coefficient (Wildman–Crippen LogP) is 2.33. The van der Waals surface area contributed by atoms with Gasteiger partial charge in [0.2, 0.25) is 0 Å². The summed E-state index contributed by atoms with van der Waals surface area (Å²) in [4.78, 5) is 0. The van der Waals surface area contributed by atoms with Gasteiger partial charge in [0.15, 0.2) is 0 Å². The Kier molecular flexibility index (Phi) is 5.39. The largest absolute Gasteiger partial charge is 0.389 e. The number of aliphatic hydroxyl groups is 1. The van der Waals surface area contributed by atoms with E-state index in [1.165, 1.54) is 0 Å². The molecule has 0 spiro atoms. The van der Waals surface area contributed by atoms with Crippen LogP contribution in [0.5, 0.6) is 0 Å². The van der Waals surface area contributed by atoms with Gasteiger partial charge in [-0.25, -0.2) is 0 Å². The van der Waals surface area contributed by atoms with Gasteiger partial charge in [-0.1, -0.05) is 30.3 Å². The molecule has 0 saturated carbocycles. The molecular weight excluding hydrogens is 143 g/mol. The third-order valence-corrected chi connectivity index (χ3v) is 1.28. The zero-order valence-electron chi connectivity index (χ0n) is 6.79. The zero-order chi connectivity index (χ0) is 8.69. The molecule has 0 heterocycles. The third-order valence-electron chi connectivity index (χ3n) is 1.28. The second-order valence-electron chi connectivity index (χ2n) is 2.09. The van der Waals surface area contributed by atoms with Crippen molar-refractivity contribution in [2.45, 2.75) is 13.0 Å². The summed E-state index contributed by atoms with van der Waals surface area (Å²) in [5, 5.41) is 9.02. The second kappa shape index (κ2) is 5.86. The number of aliphatic hydroxyl groups excluding tert-OH is 1. The van der Waals surface area contributed by atoms with Gasteiger partial charge < -0.3 is 5.11 Å². The quantitative estimate of drug-likeness (QED) is 0.661. The topological polar surface area (TPSA) is 20.2 Å². The van der Waals surface area contributed by atoms with Gasteiger partial charge in [-0.05, 0) is 12.5 Å². The van der Waals surface area contributed by atoms with Crippen molar-refractivity contribution < 1.29 is 9.50 Å². The fourth-order valence-electron chi connectivity index (χ4n) is 0.732. The van der Waals surface area contributed by atoms with Gasteiger partial charge in [0.25, 0.3) is 0 Å². The van der Waals surface area contributed by atoms with Crippen LogP contribution in [0.1, 0.15) is 18.6 Å². The molecule has 0 aromatic heterocycles. The first-order chi connectivity index (χ1) is 5.30. The number of halogens is 1. The molecule has 0 saturated heterocycles. The SMILES string of the molecule is CC(O)c1ccccc1.CF. The normalized spacial score (nSPS) is 11.3. The van der Waals surface area contributed by atoms with Crippen molar-refractivity contribution in [1.29, 1.82) is 0 Å². The van der Waals surface area contributed by atoms with Crippen molar-refractivity contribution in [3.63, 3.8) is 0 Å². The predicted molar refractivity (Wildman–Crippen MR) is 44.1 cm³/mol. The smallest absolute Gasteiger partial charge is 0.0785 e. The van der Waals surface area contributed by atoms with E-state index in [2.05, 4.69) is 0 Å². The number of rotatable bonds is 1. The third kappa shape index (κ3) is 3.73. The van der Waals surface area contributed by atoms with Crippen LogP contribution in [0.4, 0.5) is 4.39 Å². The molecule has 2 heteroatoms. The molecule has 0 aliphatic carbocycles. The standard InChI is InChI=1S/C8H10O.CH3F/c1-7(9)8-5-3-2-4-6-8;1-2/h2-7,9H,1H3;1H3. The van der Waals surface area contributed by atoms with Crippen molar-refractivity contribution in [2.24, 2.45) is 0 Å². The first kappa shape index (κ1) is 10.1. The minimum Gasteiger partial charge on any atom is -0.389 e. The highest BCUT2D eigenvalue weighted by Gasteiger charge is 1.95. The lowest BCUT2D eigenvalue weighted by Gasteiger charge is -2.00. The maximum absolute atomic E-state index is 9.50. The number of hydrogen-bond acceptors (Lipinski definition) is 1. The van der Waals surface area contributed by atoms with E-state index in [-0.39, 0.29) is 6.10 Å². The van der Waals surface area contributed by atoms with Crippen molar-refractivity contribution in [3.8, 4) is 0 Å². The summed E-state index contributed by atoms with van der Waals surface area (Å²) in [5.74, 6) is 0. The molecule has 1 unspecified atom stereocenters. The minimum absolute atomic E-state index is 0.341. The zero-order valence-corrected chi connectivity index (χ0v) is 6.79. The van der Waals surface area contributed by atoms with Crippen LogP contribution in [0.2, 0.25) is 0 Å². The van der Waals surface area contributed by atoms with Crippen molar-refractivity contribution >= 4 is 0 Å². The molecule has 1 nitrogen and oxygen atoms in total. The molecular formula is C9H13FO. The Morgan fingerprint density at radius 3 is 1.91 bits per heavy atom. The number of benzene rings is 1. The molecule has 0 radical (unpaired) electrons. The summed E-state index contributed by atoms with van der Waals surface area (Å²) in [6.45, 7) is 1.76. The van der Waals surface area contributed by atoms with Gasteiger partial charge >= 0.3 is 0 Å². The monoisotopic (exact) mass is 156 g/mol. The lowest BCUT2D eigenvalue weighted by atomic mass is 10.1. The van der Waals surface area contributed by atoms with Crippen LogP contribution < -0.4 is 0 Å². The summed E-state index contributed by atoms with van der Waals surface area (Å²) in [6, 6.07) is 9.59. The van der Waals surface area contributed by atoms with Crippen molar-refractivity contribution in [3.05, 3.63) is 35.9 Å². The Labute approximate surface area is 66.5 Å². The lowest BCUT2D eigenvalue weighted by Crippen LogP contribution is -1.87. The van der Waals surface area contributed by atoms with E-state index < -0.39 is 0 Å². The molecule has 1 N–H and O–H groups in total. The minimum atomic E-state index is -0.341. The van der Waals surface area contributed by atoms with Gasteiger partial charge in [0.1, 0.15) is 0 Å². The van der Waals surface area contributed by atoms with Crippen LogP contribution in [0.25, 0.3) is 0 Å². The molecule has 11 heavy (non-hydrogen) atoms. The van der Waals surface area contributed by atoms with E-state index in [0.717, 1.165) is 5.56 Å². The van der Waals surface area contributed by atoms with E-state index in [1.807, 2.05) is 30.3 Å². The molecule has 0 aliphatic rings. The van der Waals surface area contributed by atoms with Crippen LogP contribution in [0, 0.1) is 0 Å². The van der Waals surface area contributed by atoms with Crippen molar-refractivity contribution in [1.82, 2.24) is 0 Å². The van der Waals surface area contributed by atoms with Gasteiger partial charge in [0, 0.05) is 0 Å². The van der Waals surface area contributed by atoms with Crippen LogP contribution in [-0.2, 0) is 0 Å². The Balaban J connectivity index is 0.000000461. The Bertz CT molecular complexity index is 172. The summed E-state index contributed by atoms with van der Waals surface area (Å²) in [6.07, 6.45) is -0.341. The van der Waals surface area contributed by atoms with Crippen LogP contribution in [-0.4, -0.2) is 12.3 Å². The van der Waals surface area contributed by atoms with Crippen molar-refractivity contribution in [2.75, 3.05) is 7.18 Å². The van der Waals surface area contributed by atoms with E-state index in [0.29, 0.717) is 7.18 Å². The maximum atomic E-state index is 9.50. The molecule has 62 valence electrons. The number of alkyl halides is 1. The van der Waals surface area contributed by atoms with E-state index in [1.54, 1.807) is 6.92 Å². The van der Waals surface area contributed by atoms with Gasteiger partial charge in [-0.15, -0.1) is 0 Å². The second-order valence-corrected chi connectivity index (χ2v) is 2.09. The van der Waals surface area contributed by atoms with Gasteiger partial charge in [-0.2, -0.15) is 0 Å². The molecule has 1 aromatic carbocycles. The molecule has 1 rings (SSSR count). The molecule has 1 atom stereocenters. The van der Waals surface area contributed by atoms with E-state index in [4.69, 9.17) is 5.11 Å². The first-order valence-corrected chi connectivity index (χ1v) is 3.41. The number of hydrogen-bond donors (Lipinski definition) is 1. The summed E-state index contributed by atoms with van der Waals surface area (Å²) >= 11 is 0. The molecule has 0 aliphatic heterocycles. The van der Waals surface area contributed by atoms with Crippen LogP contribution in [0.3, 0.4) is 0 Å². The fourth-order valence-corrected chi connectivity index (χ4v) is 0.732. The summed E-state index contributed by atoms with van der Waals surface area (Å²) < 4.78 is 9.50. The van der Waals surface area contributed by atoms with Crippen LogP contribution >= 0.6 is 0 Å².